The lowest BCUT2D eigenvalue weighted by atomic mass is 10.1. The van der Waals surface area contributed by atoms with Gasteiger partial charge in [0.05, 0.1) is 19.8 Å². The first-order valence-electron chi connectivity index (χ1n) is 5.72. The summed E-state index contributed by atoms with van der Waals surface area (Å²) in [6.07, 6.45) is 1.04. The third-order valence-corrected chi connectivity index (χ3v) is 2.78. The van der Waals surface area contributed by atoms with E-state index in [1.807, 2.05) is 24.3 Å². The molecule has 0 aliphatic rings. The summed E-state index contributed by atoms with van der Waals surface area (Å²) in [7, 11) is 1.65. The maximum atomic E-state index is 9.38. The van der Waals surface area contributed by atoms with E-state index in [4.69, 9.17) is 4.74 Å². The fourth-order valence-corrected chi connectivity index (χ4v) is 1.57. The molecule has 0 aliphatic heterocycles. The van der Waals surface area contributed by atoms with Gasteiger partial charge in [-0.15, -0.1) is 0 Å². The molecule has 0 spiro atoms. The first-order valence-corrected chi connectivity index (χ1v) is 5.72. The summed E-state index contributed by atoms with van der Waals surface area (Å²) in [6, 6.07) is 8.17. The summed E-state index contributed by atoms with van der Waals surface area (Å²) >= 11 is 0. The van der Waals surface area contributed by atoms with Crippen molar-refractivity contribution in [1.29, 1.82) is 0 Å². The SMILES string of the molecule is CCC(C)NC(CO)c1cccc(OC)c1. The van der Waals surface area contributed by atoms with E-state index in [1.165, 1.54) is 0 Å². The van der Waals surface area contributed by atoms with Gasteiger partial charge in [0, 0.05) is 6.04 Å². The summed E-state index contributed by atoms with van der Waals surface area (Å²) < 4.78 is 5.17. The van der Waals surface area contributed by atoms with Crippen molar-refractivity contribution in [1.82, 2.24) is 5.32 Å². The maximum absolute atomic E-state index is 9.38. The van der Waals surface area contributed by atoms with Crippen LogP contribution in [0.5, 0.6) is 5.75 Å². The van der Waals surface area contributed by atoms with Gasteiger partial charge in [-0.1, -0.05) is 19.1 Å². The second-order valence-electron chi connectivity index (χ2n) is 3.99. The Morgan fingerprint density at radius 3 is 2.75 bits per heavy atom. The molecule has 0 saturated heterocycles. The molecule has 90 valence electrons. The van der Waals surface area contributed by atoms with Gasteiger partial charge in [-0.2, -0.15) is 0 Å². The fourth-order valence-electron chi connectivity index (χ4n) is 1.57. The Bertz CT molecular complexity index is 315. The summed E-state index contributed by atoms with van der Waals surface area (Å²) in [5.74, 6) is 0.821. The van der Waals surface area contributed by atoms with E-state index in [2.05, 4.69) is 19.2 Å². The van der Waals surface area contributed by atoms with Crippen LogP contribution in [0.15, 0.2) is 24.3 Å². The molecular formula is C13H21NO2. The summed E-state index contributed by atoms with van der Waals surface area (Å²) in [5, 5.41) is 12.8. The van der Waals surface area contributed by atoms with Gasteiger partial charge < -0.3 is 15.2 Å². The quantitative estimate of drug-likeness (QED) is 0.776. The number of nitrogens with one attached hydrogen (secondary N) is 1. The van der Waals surface area contributed by atoms with E-state index < -0.39 is 0 Å². The molecule has 2 atom stereocenters. The lowest BCUT2D eigenvalue weighted by molar-refractivity contribution is 0.234. The van der Waals surface area contributed by atoms with Crippen molar-refractivity contribution in [3.63, 3.8) is 0 Å². The Balaban J connectivity index is 2.77. The van der Waals surface area contributed by atoms with Crippen molar-refractivity contribution in [2.75, 3.05) is 13.7 Å². The molecule has 16 heavy (non-hydrogen) atoms. The van der Waals surface area contributed by atoms with Crippen molar-refractivity contribution < 1.29 is 9.84 Å². The normalized spacial score (nSPS) is 14.5. The van der Waals surface area contributed by atoms with Gasteiger partial charge >= 0.3 is 0 Å². The van der Waals surface area contributed by atoms with Gasteiger partial charge in [0.25, 0.3) is 0 Å². The van der Waals surface area contributed by atoms with Crippen molar-refractivity contribution in [3.05, 3.63) is 29.8 Å². The fraction of sp³-hybridized carbons (Fsp3) is 0.538. The Kier molecular flexibility index (Phi) is 5.29. The molecule has 2 unspecified atom stereocenters. The van der Waals surface area contributed by atoms with Crippen LogP contribution in [-0.2, 0) is 0 Å². The highest BCUT2D eigenvalue weighted by Gasteiger charge is 2.12. The number of rotatable bonds is 6. The van der Waals surface area contributed by atoms with E-state index in [-0.39, 0.29) is 12.6 Å². The third-order valence-electron chi connectivity index (χ3n) is 2.78. The van der Waals surface area contributed by atoms with Crippen LogP contribution in [0.25, 0.3) is 0 Å². The molecule has 0 aliphatic carbocycles. The average Bonchev–Trinajstić information content (AvgIpc) is 2.35. The van der Waals surface area contributed by atoms with Gasteiger partial charge in [-0.25, -0.2) is 0 Å². The van der Waals surface area contributed by atoms with Gasteiger partial charge in [0.2, 0.25) is 0 Å². The molecule has 2 N–H and O–H groups in total. The summed E-state index contributed by atoms with van der Waals surface area (Å²) in [5.41, 5.74) is 1.06. The van der Waals surface area contributed by atoms with Crippen molar-refractivity contribution in [2.45, 2.75) is 32.4 Å². The van der Waals surface area contributed by atoms with E-state index in [9.17, 15) is 5.11 Å². The van der Waals surface area contributed by atoms with Crippen LogP contribution in [0.4, 0.5) is 0 Å². The minimum absolute atomic E-state index is 0.0231. The molecule has 1 aromatic rings. The smallest absolute Gasteiger partial charge is 0.119 e. The van der Waals surface area contributed by atoms with Crippen LogP contribution >= 0.6 is 0 Å². The molecule has 0 heterocycles. The van der Waals surface area contributed by atoms with Crippen LogP contribution in [0.2, 0.25) is 0 Å². The van der Waals surface area contributed by atoms with Gasteiger partial charge in [0.15, 0.2) is 0 Å². The summed E-state index contributed by atoms with van der Waals surface area (Å²) in [4.78, 5) is 0. The molecule has 3 nitrogen and oxygen atoms in total. The Morgan fingerprint density at radius 1 is 1.44 bits per heavy atom. The molecule has 0 bridgehead atoms. The number of aliphatic hydroxyl groups is 1. The highest BCUT2D eigenvalue weighted by atomic mass is 16.5. The molecule has 1 rings (SSSR count). The number of ether oxygens (including phenoxy) is 1. The second-order valence-corrected chi connectivity index (χ2v) is 3.99. The van der Waals surface area contributed by atoms with Gasteiger partial charge in [-0.3, -0.25) is 0 Å². The minimum Gasteiger partial charge on any atom is -0.497 e. The zero-order valence-electron chi connectivity index (χ0n) is 10.2. The molecule has 0 radical (unpaired) electrons. The van der Waals surface area contributed by atoms with E-state index in [0.717, 1.165) is 17.7 Å². The highest BCUT2D eigenvalue weighted by Crippen LogP contribution is 2.19. The van der Waals surface area contributed by atoms with E-state index in [1.54, 1.807) is 7.11 Å². The first-order chi connectivity index (χ1) is 7.71. The zero-order chi connectivity index (χ0) is 12.0. The topological polar surface area (TPSA) is 41.5 Å². The van der Waals surface area contributed by atoms with Crippen molar-refractivity contribution >= 4 is 0 Å². The monoisotopic (exact) mass is 223 g/mol. The largest absolute Gasteiger partial charge is 0.497 e. The predicted molar refractivity (Wildman–Crippen MR) is 65.7 cm³/mol. The molecule has 0 aromatic heterocycles. The molecule has 1 aromatic carbocycles. The summed E-state index contributed by atoms with van der Waals surface area (Å²) in [6.45, 7) is 4.33. The molecule has 0 amide bonds. The predicted octanol–water partition coefficient (Wildman–Crippen LogP) is 2.12. The number of benzene rings is 1. The van der Waals surface area contributed by atoms with Crippen LogP contribution < -0.4 is 10.1 Å². The maximum Gasteiger partial charge on any atom is 0.119 e. The van der Waals surface area contributed by atoms with Crippen LogP contribution in [-0.4, -0.2) is 24.9 Å². The third kappa shape index (κ3) is 3.51. The van der Waals surface area contributed by atoms with E-state index in [0.29, 0.717) is 6.04 Å². The van der Waals surface area contributed by atoms with Crippen molar-refractivity contribution in [2.24, 2.45) is 0 Å². The standard InChI is InChI=1S/C13H21NO2/c1-4-10(2)14-13(9-15)11-6-5-7-12(8-11)16-3/h5-8,10,13-15H,4,9H2,1-3H3. The first kappa shape index (κ1) is 13.0. The number of methoxy groups -OCH3 is 1. The average molecular weight is 223 g/mol. The minimum atomic E-state index is -0.0231. The number of aliphatic hydroxyl groups excluding tert-OH is 1. The number of hydrogen-bond donors (Lipinski definition) is 2. The van der Waals surface area contributed by atoms with E-state index >= 15 is 0 Å². The Labute approximate surface area is 97.4 Å². The lowest BCUT2D eigenvalue weighted by Crippen LogP contribution is -2.32. The molecule has 0 fully saturated rings. The molecule has 3 heteroatoms. The van der Waals surface area contributed by atoms with Crippen molar-refractivity contribution in [3.8, 4) is 5.75 Å². The lowest BCUT2D eigenvalue weighted by Gasteiger charge is -2.21. The van der Waals surface area contributed by atoms with Crippen LogP contribution in [0, 0.1) is 0 Å². The van der Waals surface area contributed by atoms with Crippen LogP contribution in [0.1, 0.15) is 31.9 Å². The molecule has 0 saturated carbocycles. The molecular weight excluding hydrogens is 202 g/mol. The second kappa shape index (κ2) is 6.51. The highest BCUT2D eigenvalue weighted by molar-refractivity contribution is 5.30. The van der Waals surface area contributed by atoms with Gasteiger partial charge in [-0.05, 0) is 31.0 Å². The number of hydrogen-bond acceptors (Lipinski definition) is 3. The Hall–Kier alpha value is -1.06. The Morgan fingerprint density at radius 2 is 2.19 bits per heavy atom. The van der Waals surface area contributed by atoms with Gasteiger partial charge in [0.1, 0.15) is 5.75 Å². The zero-order valence-corrected chi connectivity index (χ0v) is 10.2. The van der Waals surface area contributed by atoms with Crippen LogP contribution in [0.3, 0.4) is 0 Å².